The van der Waals surface area contributed by atoms with Gasteiger partial charge in [0.25, 0.3) is 0 Å². The fourth-order valence-electron chi connectivity index (χ4n) is 3.91. The molecule has 0 saturated carbocycles. The number of morpholine rings is 1. The second-order valence-electron chi connectivity index (χ2n) is 7.54. The number of hydrogen-bond acceptors (Lipinski definition) is 5. The number of aromatic nitrogens is 1. The van der Waals surface area contributed by atoms with Gasteiger partial charge in [-0.2, -0.15) is 13.2 Å². The van der Waals surface area contributed by atoms with Gasteiger partial charge >= 0.3 is 6.18 Å². The Morgan fingerprint density at radius 3 is 2.56 bits per heavy atom. The van der Waals surface area contributed by atoms with Crippen molar-refractivity contribution in [2.24, 2.45) is 0 Å². The molecule has 0 unspecified atom stereocenters. The summed E-state index contributed by atoms with van der Waals surface area (Å²) in [7, 11) is 0. The second kappa shape index (κ2) is 9.48. The zero-order chi connectivity index (χ0) is 22.1. The van der Waals surface area contributed by atoms with E-state index in [0.717, 1.165) is 12.6 Å². The van der Waals surface area contributed by atoms with Gasteiger partial charge in [-0.05, 0) is 25.0 Å². The Morgan fingerprint density at radius 2 is 1.97 bits per heavy atom. The van der Waals surface area contributed by atoms with E-state index in [1.165, 1.54) is 18.2 Å². The Balaban J connectivity index is 0.00000289. The van der Waals surface area contributed by atoms with Crippen molar-refractivity contribution in [3.05, 3.63) is 53.1 Å². The number of hydrogen-bond donors (Lipinski definition) is 1. The fraction of sp³-hybridized carbons (Fsp3) is 0.429. The SMILES string of the molecule is Cl.[C-]#[N+]c1c(C(F)(F)F)cc(Oc2cccc(F)c2)nc1N1CCC2(CC1)CNCCO2. The maximum absolute atomic E-state index is 13.7. The maximum Gasteiger partial charge on any atom is 0.407 e. The molecule has 11 heteroatoms. The Morgan fingerprint density at radius 1 is 1.22 bits per heavy atom. The number of halogens is 5. The van der Waals surface area contributed by atoms with Crippen molar-refractivity contribution >= 4 is 23.9 Å². The molecule has 0 amide bonds. The maximum atomic E-state index is 13.7. The van der Waals surface area contributed by atoms with Gasteiger partial charge in [-0.1, -0.05) is 6.07 Å². The van der Waals surface area contributed by atoms with Crippen LogP contribution in [-0.4, -0.2) is 43.4 Å². The van der Waals surface area contributed by atoms with Crippen LogP contribution in [0.25, 0.3) is 4.85 Å². The van der Waals surface area contributed by atoms with E-state index in [1.807, 2.05) is 0 Å². The van der Waals surface area contributed by atoms with Crippen molar-refractivity contribution in [3.63, 3.8) is 0 Å². The highest BCUT2D eigenvalue weighted by Crippen LogP contribution is 2.44. The molecule has 1 N–H and O–H groups in total. The molecule has 32 heavy (non-hydrogen) atoms. The van der Waals surface area contributed by atoms with Gasteiger partial charge in [-0.3, -0.25) is 0 Å². The quantitative estimate of drug-likeness (QED) is 0.505. The zero-order valence-electron chi connectivity index (χ0n) is 16.9. The number of benzene rings is 1. The number of anilines is 1. The van der Waals surface area contributed by atoms with E-state index in [4.69, 9.17) is 16.0 Å². The Labute approximate surface area is 188 Å². The Hall–Kier alpha value is -2.61. The molecule has 3 heterocycles. The molecule has 2 aromatic rings. The minimum absolute atomic E-state index is 0. The molecule has 172 valence electrons. The van der Waals surface area contributed by atoms with Crippen LogP contribution < -0.4 is 15.0 Å². The van der Waals surface area contributed by atoms with E-state index in [1.54, 1.807) is 4.90 Å². The molecule has 4 rings (SSSR count). The van der Waals surface area contributed by atoms with Crippen LogP contribution in [0.4, 0.5) is 29.1 Å². The molecule has 0 atom stereocenters. The monoisotopic (exact) mass is 472 g/mol. The van der Waals surface area contributed by atoms with Crippen molar-refractivity contribution in [2.75, 3.05) is 37.7 Å². The van der Waals surface area contributed by atoms with Crippen LogP contribution in [0.15, 0.2) is 30.3 Å². The van der Waals surface area contributed by atoms with Gasteiger partial charge in [-0.25, -0.2) is 14.2 Å². The van der Waals surface area contributed by atoms with Gasteiger partial charge in [0, 0.05) is 38.3 Å². The van der Waals surface area contributed by atoms with Crippen molar-refractivity contribution in [2.45, 2.75) is 24.6 Å². The lowest BCUT2D eigenvalue weighted by Crippen LogP contribution is -2.55. The summed E-state index contributed by atoms with van der Waals surface area (Å²) in [5.74, 6) is -1.01. The van der Waals surface area contributed by atoms with E-state index < -0.39 is 23.2 Å². The average molecular weight is 473 g/mol. The van der Waals surface area contributed by atoms with Gasteiger partial charge in [0.05, 0.1) is 24.3 Å². The predicted molar refractivity (Wildman–Crippen MR) is 112 cm³/mol. The van der Waals surface area contributed by atoms with Gasteiger partial charge < -0.3 is 19.7 Å². The highest BCUT2D eigenvalue weighted by molar-refractivity contribution is 5.85. The summed E-state index contributed by atoms with van der Waals surface area (Å²) >= 11 is 0. The number of nitrogens with one attached hydrogen (secondary N) is 1. The summed E-state index contributed by atoms with van der Waals surface area (Å²) < 4.78 is 66.0. The molecule has 1 aromatic carbocycles. The van der Waals surface area contributed by atoms with Gasteiger partial charge in [0.2, 0.25) is 11.6 Å². The molecule has 1 spiro atoms. The third kappa shape index (κ3) is 5.06. The van der Waals surface area contributed by atoms with E-state index in [2.05, 4.69) is 15.1 Å². The molecule has 0 aliphatic carbocycles. The standard InChI is InChI=1S/C21H20F4N4O2.ClH/c1-26-18-16(21(23,24)25)12-17(31-15-4-2-3-14(22)11-15)28-19(18)29-8-5-20(6-9-29)13-27-7-10-30-20;/h2-4,11-12,27H,5-10,13H2;1H. The predicted octanol–water partition coefficient (Wildman–Crippen LogP) is 4.96. The summed E-state index contributed by atoms with van der Waals surface area (Å²) in [6.07, 6.45) is -3.59. The van der Waals surface area contributed by atoms with E-state index in [-0.39, 0.29) is 35.5 Å². The summed E-state index contributed by atoms with van der Waals surface area (Å²) in [6.45, 7) is 10.2. The lowest BCUT2D eigenvalue weighted by atomic mass is 9.90. The second-order valence-corrected chi connectivity index (χ2v) is 7.54. The average Bonchev–Trinajstić information content (AvgIpc) is 2.74. The topological polar surface area (TPSA) is 51.0 Å². The van der Waals surface area contributed by atoms with Gasteiger partial charge in [0.1, 0.15) is 17.4 Å². The summed E-state index contributed by atoms with van der Waals surface area (Å²) in [4.78, 5) is 9.01. The molecule has 2 saturated heterocycles. The first kappa shape index (κ1) is 24.0. The van der Waals surface area contributed by atoms with Crippen LogP contribution in [0.1, 0.15) is 18.4 Å². The first-order valence-electron chi connectivity index (χ1n) is 9.82. The van der Waals surface area contributed by atoms with Crippen molar-refractivity contribution in [1.82, 2.24) is 10.3 Å². The lowest BCUT2D eigenvalue weighted by Gasteiger charge is -2.44. The van der Waals surface area contributed by atoms with Crippen LogP contribution in [0.2, 0.25) is 0 Å². The number of pyridine rings is 1. The molecular formula is C21H21ClF4N4O2. The first-order chi connectivity index (χ1) is 14.8. The smallest absolute Gasteiger partial charge is 0.407 e. The van der Waals surface area contributed by atoms with Crippen LogP contribution in [0.5, 0.6) is 11.6 Å². The highest BCUT2D eigenvalue weighted by atomic mass is 35.5. The molecule has 6 nitrogen and oxygen atoms in total. The largest absolute Gasteiger partial charge is 0.439 e. The lowest BCUT2D eigenvalue weighted by molar-refractivity contribution is -0.137. The van der Waals surface area contributed by atoms with Crippen LogP contribution in [0.3, 0.4) is 0 Å². The van der Waals surface area contributed by atoms with Gasteiger partial charge in [0.15, 0.2) is 0 Å². The molecule has 2 aliphatic heterocycles. The van der Waals surface area contributed by atoms with Crippen molar-refractivity contribution < 1.29 is 27.0 Å². The third-order valence-corrected chi connectivity index (χ3v) is 5.50. The molecule has 1 aromatic heterocycles. The Bertz CT molecular complexity index is 996. The minimum Gasteiger partial charge on any atom is -0.439 e. The summed E-state index contributed by atoms with van der Waals surface area (Å²) in [5.41, 5.74) is -2.05. The summed E-state index contributed by atoms with van der Waals surface area (Å²) in [6, 6.07) is 5.72. The van der Waals surface area contributed by atoms with Crippen LogP contribution in [-0.2, 0) is 10.9 Å². The van der Waals surface area contributed by atoms with Gasteiger partial charge in [-0.15, -0.1) is 12.4 Å². The normalized spacial score (nSPS) is 18.0. The van der Waals surface area contributed by atoms with Crippen molar-refractivity contribution in [1.29, 1.82) is 0 Å². The number of alkyl halides is 3. The Kier molecular flexibility index (Phi) is 7.12. The third-order valence-electron chi connectivity index (χ3n) is 5.50. The number of rotatable bonds is 3. The first-order valence-corrected chi connectivity index (χ1v) is 9.82. The number of nitrogens with zero attached hydrogens (tertiary/aromatic N) is 3. The number of ether oxygens (including phenoxy) is 2. The number of piperidine rings is 1. The fourth-order valence-corrected chi connectivity index (χ4v) is 3.91. The summed E-state index contributed by atoms with van der Waals surface area (Å²) in [5, 5.41) is 3.29. The van der Waals surface area contributed by atoms with Crippen molar-refractivity contribution in [3.8, 4) is 11.6 Å². The van der Waals surface area contributed by atoms with E-state index >= 15 is 0 Å². The van der Waals surface area contributed by atoms with Crippen LogP contribution >= 0.6 is 12.4 Å². The molecule has 0 radical (unpaired) electrons. The van der Waals surface area contributed by atoms with Crippen LogP contribution in [0, 0.1) is 12.4 Å². The molecule has 2 fully saturated rings. The zero-order valence-corrected chi connectivity index (χ0v) is 17.7. The minimum atomic E-state index is -4.77. The molecule has 2 aliphatic rings. The molecule has 0 bridgehead atoms. The highest BCUT2D eigenvalue weighted by Gasteiger charge is 2.40. The van der Waals surface area contributed by atoms with E-state index in [0.29, 0.717) is 45.1 Å². The molecular weight excluding hydrogens is 452 g/mol. The van der Waals surface area contributed by atoms with E-state index in [9.17, 15) is 17.6 Å².